The van der Waals surface area contributed by atoms with Crippen LogP contribution in [-0.4, -0.2) is 87.8 Å². The van der Waals surface area contributed by atoms with Gasteiger partial charge in [-0.2, -0.15) is 0 Å². The highest BCUT2D eigenvalue weighted by molar-refractivity contribution is 6.74. The first kappa shape index (κ1) is 53.4. The summed E-state index contributed by atoms with van der Waals surface area (Å²) in [4.78, 5) is 41.7. The van der Waals surface area contributed by atoms with E-state index in [1.165, 1.54) is 32.8 Å². The quantitative estimate of drug-likeness (QED) is 0.0346. The Kier molecular flexibility index (Phi) is 23.1. The molecular formula is C48H83NO10Si. The number of methoxy groups -OCH3 is 1. The Labute approximate surface area is 364 Å². The third-order valence-electron chi connectivity index (χ3n) is 11.7. The second-order valence-electron chi connectivity index (χ2n) is 19.0. The molecule has 344 valence electrons. The third kappa shape index (κ3) is 18.7. The van der Waals surface area contributed by atoms with Crippen molar-refractivity contribution in [3.8, 4) is 5.75 Å². The number of carbonyl (C=O) groups excluding carboxylic acids is 3. The smallest absolute Gasteiger partial charge is 0.339 e. The van der Waals surface area contributed by atoms with Gasteiger partial charge in [0.1, 0.15) is 17.4 Å². The normalized spacial score (nSPS) is 16.6. The molecule has 0 saturated carbocycles. The summed E-state index contributed by atoms with van der Waals surface area (Å²) in [5.41, 5.74) is -2.48. The van der Waals surface area contributed by atoms with Gasteiger partial charge in [-0.3, -0.25) is 4.79 Å². The predicted octanol–water partition coefficient (Wildman–Crippen LogP) is 10.2. The molecule has 1 aromatic rings. The standard InChI is InChI=1S/C48H83NO10Si/c1-12-14-16-20-23-30-47(56-35-36-57-47)31-24-21-18-17-19-22-25-40(48(53,44(52)59-45(3,4)5)32-34-58-60(10,11)46(6,7)8)42(50)49-41(43(51)54-9)37-38-26-28-39(29-27-38)55-33-15-13-2/h22,25-29,40-41,53H,12-21,23-24,30-37H2,1-11H3,(H,49,50)/b25-22+/t40-,41+,48+/m1/s1. The summed E-state index contributed by atoms with van der Waals surface area (Å²) in [6, 6.07) is 6.26. The number of carbonyl (C=O) groups is 3. The van der Waals surface area contributed by atoms with Crippen LogP contribution in [0.3, 0.4) is 0 Å². The number of rotatable bonds is 29. The van der Waals surface area contributed by atoms with E-state index in [2.05, 4.69) is 53.0 Å². The molecule has 2 N–H and O–H groups in total. The van der Waals surface area contributed by atoms with Crippen LogP contribution in [0.5, 0.6) is 5.75 Å². The van der Waals surface area contributed by atoms with Crippen molar-refractivity contribution in [2.75, 3.05) is 33.5 Å². The number of hydrogen-bond acceptors (Lipinski definition) is 10. The molecule has 1 saturated heterocycles. The Bertz CT molecular complexity index is 1430. The number of hydrogen-bond donors (Lipinski definition) is 2. The van der Waals surface area contributed by atoms with Crippen molar-refractivity contribution in [3.05, 3.63) is 42.0 Å². The molecule has 2 rings (SSSR count). The number of amides is 1. The molecule has 60 heavy (non-hydrogen) atoms. The van der Waals surface area contributed by atoms with E-state index in [0.29, 0.717) is 32.0 Å². The van der Waals surface area contributed by atoms with Crippen LogP contribution in [-0.2, 0) is 44.2 Å². The lowest BCUT2D eigenvalue weighted by molar-refractivity contribution is -0.185. The van der Waals surface area contributed by atoms with Crippen LogP contribution in [0.1, 0.15) is 157 Å². The minimum absolute atomic E-state index is 0.0324. The van der Waals surface area contributed by atoms with Gasteiger partial charge in [0.25, 0.3) is 0 Å². The molecule has 1 amide bonds. The van der Waals surface area contributed by atoms with Gasteiger partial charge < -0.3 is 38.5 Å². The summed E-state index contributed by atoms with van der Waals surface area (Å²) in [5, 5.41) is 15.2. The van der Waals surface area contributed by atoms with E-state index in [1.54, 1.807) is 26.8 Å². The van der Waals surface area contributed by atoms with Crippen molar-refractivity contribution in [2.24, 2.45) is 5.92 Å². The fourth-order valence-electron chi connectivity index (χ4n) is 6.93. The Hall–Kier alpha value is -2.77. The summed E-state index contributed by atoms with van der Waals surface area (Å²) >= 11 is 0. The first-order valence-electron chi connectivity index (χ1n) is 22.9. The van der Waals surface area contributed by atoms with E-state index in [4.69, 9.17) is 28.1 Å². The lowest BCUT2D eigenvalue weighted by Gasteiger charge is -2.38. The van der Waals surface area contributed by atoms with Crippen LogP contribution in [0, 0.1) is 5.92 Å². The maximum absolute atomic E-state index is 14.5. The summed E-state index contributed by atoms with van der Waals surface area (Å²) in [6.07, 6.45) is 17.6. The second kappa shape index (κ2) is 26.0. The number of benzene rings is 1. The largest absolute Gasteiger partial charge is 0.494 e. The number of esters is 2. The van der Waals surface area contributed by atoms with Crippen molar-refractivity contribution >= 4 is 26.2 Å². The van der Waals surface area contributed by atoms with Gasteiger partial charge in [0.05, 0.1) is 32.8 Å². The maximum Gasteiger partial charge on any atom is 0.339 e. The number of unbranched alkanes of at least 4 members (excludes halogenated alkanes) is 9. The summed E-state index contributed by atoms with van der Waals surface area (Å²) in [6.45, 7) is 21.9. The Morgan fingerprint density at radius 2 is 1.43 bits per heavy atom. The highest BCUT2D eigenvalue weighted by atomic mass is 28.4. The molecule has 1 aliphatic rings. The molecule has 1 aromatic carbocycles. The zero-order valence-corrected chi connectivity index (χ0v) is 40.4. The molecule has 0 bridgehead atoms. The average molecular weight is 862 g/mol. The minimum Gasteiger partial charge on any atom is -0.494 e. The molecule has 12 heteroatoms. The Morgan fingerprint density at radius 3 is 1.98 bits per heavy atom. The van der Waals surface area contributed by atoms with E-state index in [-0.39, 0.29) is 24.5 Å². The van der Waals surface area contributed by atoms with Gasteiger partial charge in [0, 0.05) is 32.3 Å². The number of aliphatic hydroxyl groups is 1. The minimum atomic E-state index is -2.31. The molecule has 0 aliphatic carbocycles. The van der Waals surface area contributed by atoms with Gasteiger partial charge in [-0.05, 0) is 88.7 Å². The molecule has 0 unspecified atom stereocenters. The third-order valence-corrected chi connectivity index (χ3v) is 16.3. The van der Waals surface area contributed by atoms with E-state index >= 15 is 0 Å². The van der Waals surface area contributed by atoms with Crippen molar-refractivity contribution in [2.45, 2.75) is 199 Å². The number of nitrogens with one attached hydrogen (secondary N) is 1. The molecule has 3 atom stereocenters. The Morgan fingerprint density at radius 1 is 0.850 bits per heavy atom. The van der Waals surface area contributed by atoms with Crippen molar-refractivity contribution in [1.29, 1.82) is 0 Å². The molecule has 11 nitrogen and oxygen atoms in total. The molecule has 0 radical (unpaired) electrons. The number of allylic oxidation sites excluding steroid dienone is 1. The average Bonchev–Trinajstić information content (AvgIpc) is 3.64. The molecule has 0 aromatic heterocycles. The van der Waals surface area contributed by atoms with Crippen LogP contribution in [0.15, 0.2) is 36.4 Å². The van der Waals surface area contributed by atoms with E-state index in [1.807, 2.05) is 30.3 Å². The van der Waals surface area contributed by atoms with Gasteiger partial charge in [-0.25, -0.2) is 9.59 Å². The zero-order valence-electron chi connectivity index (χ0n) is 39.4. The van der Waals surface area contributed by atoms with Gasteiger partial charge >= 0.3 is 11.9 Å². The Balaban J connectivity index is 2.30. The molecule has 1 aliphatic heterocycles. The summed E-state index contributed by atoms with van der Waals surface area (Å²) in [5.74, 6) is -3.41. The molecule has 1 fully saturated rings. The molecular weight excluding hydrogens is 779 g/mol. The summed E-state index contributed by atoms with van der Waals surface area (Å²) < 4.78 is 35.4. The van der Waals surface area contributed by atoms with Gasteiger partial charge in [0.2, 0.25) is 5.91 Å². The fraction of sp³-hybridized carbons (Fsp3) is 0.771. The molecule has 1 heterocycles. The topological polar surface area (TPSA) is 139 Å². The predicted molar refractivity (Wildman–Crippen MR) is 241 cm³/mol. The van der Waals surface area contributed by atoms with E-state index in [9.17, 15) is 19.5 Å². The van der Waals surface area contributed by atoms with Gasteiger partial charge in [-0.15, -0.1) is 0 Å². The van der Waals surface area contributed by atoms with Gasteiger partial charge in [0.15, 0.2) is 19.7 Å². The van der Waals surface area contributed by atoms with Crippen LogP contribution in [0.4, 0.5) is 0 Å². The van der Waals surface area contributed by atoms with Crippen LogP contribution in [0.25, 0.3) is 0 Å². The first-order chi connectivity index (χ1) is 28.2. The zero-order chi connectivity index (χ0) is 44.9. The van der Waals surface area contributed by atoms with Gasteiger partial charge in [-0.1, -0.05) is 104 Å². The van der Waals surface area contributed by atoms with Crippen molar-refractivity contribution < 1.29 is 47.6 Å². The summed E-state index contributed by atoms with van der Waals surface area (Å²) in [7, 11) is -1.03. The van der Waals surface area contributed by atoms with Crippen LogP contribution in [0.2, 0.25) is 18.1 Å². The maximum atomic E-state index is 14.5. The lowest BCUT2D eigenvalue weighted by Crippen LogP contribution is -2.57. The second-order valence-corrected chi connectivity index (χ2v) is 23.9. The lowest BCUT2D eigenvalue weighted by atomic mass is 9.82. The highest BCUT2D eigenvalue weighted by Crippen LogP contribution is 2.38. The number of ether oxygens (including phenoxy) is 5. The fourth-order valence-corrected chi connectivity index (χ4v) is 7.98. The first-order valence-corrected chi connectivity index (χ1v) is 25.8. The highest BCUT2D eigenvalue weighted by Gasteiger charge is 2.50. The van der Waals surface area contributed by atoms with Crippen molar-refractivity contribution in [3.63, 3.8) is 0 Å². The monoisotopic (exact) mass is 862 g/mol. The SMILES string of the molecule is CCCCCCCC1(CCCCCC/C=C/[C@H](C(=O)N[C@@H](Cc2ccc(OCCCC)cc2)C(=O)OC)[C@@](O)(CCO[Si](C)(C)C(C)(C)C)C(=O)OC(C)(C)C)OCCO1. The van der Waals surface area contributed by atoms with E-state index < -0.39 is 55.1 Å². The van der Waals surface area contributed by atoms with Crippen LogP contribution < -0.4 is 10.1 Å². The molecule has 0 spiro atoms. The van der Waals surface area contributed by atoms with Crippen LogP contribution >= 0.6 is 0 Å². The van der Waals surface area contributed by atoms with E-state index in [0.717, 1.165) is 63.4 Å². The van der Waals surface area contributed by atoms with Crippen molar-refractivity contribution in [1.82, 2.24) is 5.32 Å².